The molecule has 1 amide bonds. The second kappa shape index (κ2) is 10.3. The fourth-order valence-corrected chi connectivity index (χ4v) is 2.78. The molecule has 1 unspecified atom stereocenters. The van der Waals surface area contributed by atoms with Gasteiger partial charge in [-0.1, -0.05) is 18.9 Å². The highest BCUT2D eigenvalue weighted by atomic mass is 16.2. The molecular weight excluding hydrogens is 266 g/mol. The molecular formula is C17H27NO3. The number of unbranched alkanes of at least 4 members (excludes halogenated alkanes) is 3. The number of carbonyl (C=O) groups excluding carboxylic acids is 3. The molecule has 118 valence electrons. The lowest BCUT2D eigenvalue weighted by molar-refractivity contribution is -0.138. The highest BCUT2D eigenvalue weighted by molar-refractivity contribution is 6.26. The number of carbonyl (C=O) groups is 3. The molecule has 0 aliphatic carbocycles. The van der Waals surface area contributed by atoms with E-state index in [1.807, 2.05) is 11.0 Å². The number of likely N-dealkylation sites (tertiary alicyclic amines) is 1. The van der Waals surface area contributed by atoms with Gasteiger partial charge in [-0.2, -0.15) is 0 Å². The van der Waals surface area contributed by atoms with E-state index in [-0.39, 0.29) is 12.3 Å². The number of allylic oxidation sites excluding steroid dienone is 1. The highest BCUT2D eigenvalue weighted by Gasteiger charge is 2.24. The molecule has 0 aromatic heterocycles. The normalized spacial score (nSPS) is 16.3. The van der Waals surface area contributed by atoms with E-state index in [1.54, 1.807) is 0 Å². The summed E-state index contributed by atoms with van der Waals surface area (Å²) < 4.78 is 0. The van der Waals surface area contributed by atoms with Crippen molar-refractivity contribution in [2.45, 2.75) is 57.8 Å². The maximum Gasteiger partial charge on any atom is 0.223 e. The predicted octanol–water partition coefficient (Wildman–Crippen LogP) is 2.91. The predicted molar refractivity (Wildman–Crippen MR) is 82.9 cm³/mol. The standard InChI is InChI=1S/C17H27NO3/c1-2-3-4-5-7-10-15(16(20)14-19)13-17(21)18-11-8-6-9-12-18/h2,14-15H,1,3-13H2. The third-order valence-corrected chi connectivity index (χ3v) is 4.11. The fraction of sp³-hybridized carbons (Fsp3) is 0.706. The Kier molecular flexibility index (Phi) is 8.63. The van der Waals surface area contributed by atoms with Crippen LogP contribution in [-0.4, -0.2) is 36.0 Å². The van der Waals surface area contributed by atoms with E-state index in [9.17, 15) is 14.4 Å². The molecule has 1 fully saturated rings. The Hall–Kier alpha value is -1.45. The van der Waals surface area contributed by atoms with E-state index in [2.05, 4.69) is 6.58 Å². The number of rotatable bonds is 10. The second-order valence-electron chi connectivity index (χ2n) is 5.79. The summed E-state index contributed by atoms with van der Waals surface area (Å²) in [5.74, 6) is -0.828. The Morgan fingerprint density at radius 2 is 1.81 bits per heavy atom. The molecule has 0 aromatic rings. The number of hydrogen-bond acceptors (Lipinski definition) is 3. The van der Waals surface area contributed by atoms with Gasteiger partial charge in [-0.25, -0.2) is 0 Å². The summed E-state index contributed by atoms with van der Waals surface area (Å²) in [6.07, 6.45) is 10.2. The van der Waals surface area contributed by atoms with E-state index >= 15 is 0 Å². The smallest absolute Gasteiger partial charge is 0.223 e. The van der Waals surface area contributed by atoms with Gasteiger partial charge >= 0.3 is 0 Å². The molecule has 1 heterocycles. The van der Waals surface area contributed by atoms with Crippen molar-refractivity contribution in [1.82, 2.24) is 4.90 Å². The monoisotopic (exact) mass is 293 g/mol. The van der Waals surface area contributed by atoms with E-state index in [0.29, 0.717) is 12.7 Å². The second-order valence-corrected chi connectivity index (χ2v) is 5.79. The van der Waals surface area contributed by atoms with Gasteiger partial charge in [0.15, 0.2) is 12.1 Å². The maximum absolute atomic E-state index is 12.2. The van der Waals surface area contributed by atoms with Crippen LogP contribution in [0, 0.1) is 5.92 Å². The lowest BCUT2D eigenvalue weighted by Crippen LogP contribution is -2.37. The Balaban J connectivity index is 2.41. The van der Waals surface area contributed by atoms with Crippen LogP contribution >= 0.6 is 0 Å². The summed E-state index contributed by atoms with van der Waals surface area (Å²) in [5, 5.41) is 0. The molecule has 1 rings (SSSR count). The van der Waals surface area contributed by atoms with Crippen molar-refractivity contribution < 1.29 is 14.4 Å². The minimum Gasteiger partial charge on any atom is -0.343 e. The molecule has 21 heavy (non-hydrogen) atoms. The van der Waals surface area contributed by atoms with Gasteiger partial charge in [0.05, 0.1) is 0 Å². The van der Waals surface area contributed by atoms with E-state index in [1.165, 1.54) is 6.42 Å². The quantitative estimate of drug-likeness (QED) is 0.269. The number of amides is 1. The van der Waals surface area contributed by atoms with Gasteiger partial charge < -0.3 is 4.90 Å². The first-order valence-corrected chi connectivity index (χ1v) is 8.06. The summed E-state index contributed by atoms with van der Waals surface area (Å²) in [7, 11) is 0. The number of Topliss-reactive ketones (excluding diaryl/α,β-unsaturated/α-hetero) is 1. The molecule has 1 aliphatic rings. The van der Waals surface area contributed by atoms with E-state index in [4.69, 9.17) is 0 Å². The van der Waals surface area contributed by atoms with Crippen LogP contribution in [0.4, 0.5) is 0 Å². The lowest BCUT2D eigenvalue weighted by Gasteiger charge is -2.28. The summed E-state index contributed by atoms with van der Waals surface area (Å²) in [4.78, 5) is 36.5. The topological polar surface area (TPSA) is 54.5 Å². The van der Waals surface area contributed by atoms with Crippen LogP contribution in [0.3, 0.4) is 0 Å². The van der Waals surface area contributed by atoms with Gasteiger partial charge in [-0.3, -0.25) is 14.4 Å². The van der Waals surface area contributed by atoms with Crippen molar-refractivity contribution in [1.29, 1.82) is 0 Å². The average Bonchev–Trinajstić information content (AvgIpc) is 2.53. The molecule has 0 aromatic carbocycles. The van der Waals surface area contributed by atoms with Crippen LogP contribution in [0.15, 0.2) is 12.7 Å². The summed E-state index contributed by atoms with van der Waals surface area (Å²) in [6, 6.07) is 0. The Bertz CT molecular complexity index is 359. The third-order valence-electron chi connectivity index (χ3n) is 4.11. The van der Waals surface area contributed by atoms with Crippen molar-refractivity contribution in [2.75, 3.05) is 13.1 Å². The zero-order valence-electron chi connectivity index (χ0n) is 12.9. The van der Waals surface area contributed by atoms with Crippen LogP contribution in [0.1, 0.15) is 57.8 Å². The molecule has 1 aliphatic heterocycles. The molecule has 0 radical (unpaired) electrons. The molecule has 0 bridgehead atoms. The first kappa shape index (κ1) is 17.6. The van der Waals surface area contributed by atoms with Crippen LogP contribution in [-0.2, 0) is 14.4 Å². The first-order valence-electron chi connectivity index (χ1n) is 8.06. The van der Waals surface area contributed by atoms with Crippen molar-refractivity contribution in [3.8, 4) is 0 Å². The summed E-state index contributed by atoms with van der Waals surface area (Å²) >= 11 is 0. The van der Waals surface area contributed by atoms with Gasteiger partial charge in [0.2, 0.25) is 5.91 Å². The number of ketones is 1. The Labute approximate surface area is 127 Å². The van der Waals surface area contributed by atoms with Crippen molar-refractivity contribution in [3.63, 3.8) is 0 Å². The SMILES string of the molecule is C=CCCCCCC(CC(=O)N1CCCCC1)C(=O)C=O. The van der Waals surface area contributed by atoms with Crippen molar-refractivity contribution >= 4 is 18.0 Å². The van der Waals surface area contributed by atoms with Gasteiger partial charge in [-0.05, 0) is 38.5 Å². The van der Waals surface area contributed by atoms with E-state index in [0.717, 1.165) is 51.6 Å². The maximum atomic E-state index is 12.2. The minimum absolute atomic E-state index is 0.0287. The third kappa shape index (κ3) is 6.69. The molecule has 0 N–H and O–H groups in total. The zero-order chi connectivity index (χ0) is 15.5. The van der Waals surface area contributed by atoms with Crippen LogP contribution in [0.5, 0.6) is 0 Å². The molecule has 1 atom stereocenters. The number of piperidine rings is 1. The molecule has 0 spiro atoms. The van der Waals surface area contributed by atoms with Gasteiger partial charge in [-0.15, -0.1) is 6.58 Å². The van der Waals surface area contributed by atoms with Gasteiger partial charge in [0, 0.05) is 25.4 Å². The summed E-state index contributed by atoms with van der Waals surface area (Å²) in [6.45, 7) is 5.26. The molecule has 4 heteroatoms. The van der Waals surface area contributed by atoms with Gasteiger partial charge in [0.1, 0.15) is 0 Å². The van der Waals surface area contributed by atoms with E-state index < -0.39 is 11.7 Å². The minimum atomic E-state index is -0.430. The molecule has 0 saturated carbocycles. The number of hydrogen-bond donors (Lipinski definition) is 0. The van der Waals surface area contributed by atoms with Crippen molar-refractivity contribution in [2.24, 2.45) is 5.92 Å². The van der Waals surface area contributed by atoms with Crippen LogP contribution in [0.25, 0.3) is 0 Å². The largest absolute Gasteiger partial charge is 0.343 e. The number of nitrogens with zero attached hydrogens (tertiary/aromatic N) is 1. The summed E-state index contributed by atoms with van der Waals surface area (Å²) in [5.41, 5.74) is 0. The first-order chi connectivity index (χ1) is 10.2. The Morgan fingerprint density at radius 1 is 1.10 bits per heavy atom. The van der Waals surface area contributed by atoms with Crippen molar-refractivity contribution in [3.05, 3.63) is 12.7 Å². The lowest BCUT2D eigenvalue weighted by atomic mass is 9.93. The average molecular weight is 293 g/mol. The number of aldehydes is 1. The van der Waals surface area contributed by atoms with Crippen LogP contribution in [0.2, 0.25) is 0 Å². The highest BCUT2D eigenvalue weighted by Crippen LogP contribution is 2.18. The molecule has 1 saturated heterocycles. The molecule has 4 nitrogen and oxygen atoms in total. The van der Waals surface area contributed by atoms with Gasteiger partial charge in [0.25, 0.3) is 0 Å². The van der Waals surface area contributed by atoms with Crippen LogP contribution < -0.4 is 0 Å². The zero-order valence-corrected chi connectivity index (χ0v) is 12.9. The fourth-order valence-electron chi connectivity index (χ4n) is 2.78. The Morgan fingerprint density at radius 3 is 2.43 bits per heavy atom.